The van der Waals surface area contributed by atoms with Crippen LogP contribution in [0.5, 0.6) is 0 Å². The molecule has 0 radical (unpaired) electrons. The summed E-state index contributed by atoms with van der Waals surface area (Å²) < 4.78 is 27.6. The van der Waals surface area contributed by atoms with Gasteiger partial charge in [-0.3, -0.25) is 4.55 Å². The number of hydrogen-bond acceptors (Lipinski definition) is 3. The van der Waals surface area contributed by atoms with Gasteiger partial charge in [0, 0.05) is 5.57 Å². The van der Waals surface area contributed by atoms with E-state index in [1.165, 1.54) is 6.92 Å². The third-order valence-corrected chi connectivity index (χ3v) is 1.75. The van der Waals surface area contributed by atoms with E-state index in [0.717, 1.165) is 0 Å². The van der Waals surface area contributed by atoms with Gasteiger partial charge >= 0.3 is 57.4 Å². The Kier molecular flexibility index (Phi) is 14.8. The van der Waals surface area contributed by atoms with E-state index in [1.54, 1.807) is 6.92 Å². The van der Waals surface area contributed by atoms with Crippen molar-refractivity contribution in [3.05, 3.63) is 12.2 Å². The van der Waals surface area contributed by atoms with Crippen LogP contribution in [0, 0.1) is 0 Å². The Morgan fingerprint density at radius 3 is 1.71 bits per heavy atom. The van der Waals surface area contributed by atoms with Gasteiger partial charge in [0.15, 0.2) is 0 Å². The number of carboxylic acid groups (broad SMARTS) is 1. The van der Waals surface area contributed by atoms with Crippen LogP contribution in [-0.2, 0) is 14.9 Å². The molecular formula is C7H15KO5S. The number of carbonyl (C=O) groups is 1. The molecule has 0 fully saturated rings. The molecule has 0 heterocycles. The summed E-state index contributed by atoms with van der Waals surface area (Å²) in [4.78, 5) is 9.60. The third kappa shape index (κ3) is 23.0. The molecule has 0 saturated heterocycles. The van der Waals surface area contributed by atoms with Gasteiger partial charge in [0.25, 0.3) is 10.1 Å². The summed E-state index contributed by atoms with van der Waals surface area (Å²) >= 11 is 0. The molecule has 0 aromatic rings. The summed E-state index contributed by atoms with van der Waals surface area (Å²) in [7, 11) is -3.67. The van der Waals surface area contributed by atoms with Crippen LogP contribution in [0.1, 0.15) is 20.3 Å². The first-order chi connectivity index (χ1) is 5.70. The Morgan fingerprint density at radius 1 is 1.43 bits per heavy atom. The fraction of sp³-hybridized carbons (Fsp3) is 0.571. The normalized spacial score (nSPS) is 9.07. The third-order valence-electron chi connectivity index (χ3n) is 0.827. The zero-order chi connectivity index (χ0) is 11.1. The molecular weight excluding hydrogens is 235 g/mol. The van der Waals surface area contributed by atoms with Crippen LogP contribution in [0.25, 0.3) is 0 Å². The Hall–Kier alpha value is 0.756. The topological polar surface area (TPSA) is 91.7 Å². The molecule has 5 nitrogen and oxygen atoms in total. The fourth-order valence-electron chi connectivity index (χ4n) is 0.258. The van der Waals surface area contributed by atoms with Crippen molar-refractivity contribution in [3.8, 4) is 0 Å². The molecule has 0 saturated carbocycles. The van der Waals surface area contributed by atoms with Crippen molar-refractivity contribution in [2.75, 3.05) is 5.75 Å². The van der Waals surface area contributed by atoms with Crippen LogP contribution in [0.2, 0.25) is 0 Å². The number of rotatable bonds is 3. The molecule has 0 aliphatic rings. The van der Waals surface area contributed by atoms with Crippen molar-refractivity contribution in [2.45, 2.75) is 20.3 Å². The quantitative estimate of drug-likeness (QED) is 0.426. The standard InChI is InChI=1S/C4H6O2.C3H8O3S.K.H/c1-3(2)4(5)6;1-2-3-7(4,5)6;;/h1H2,2H3,(H,5,6);2-3H2,1H3,(H,4,5,6);;. The zero-order valence-electron chi connectivity index (χ0n) is 7.65. The fourth-order valence-corrected chi connectivity index (χ4v) is 0.774. The second-order valence-corrected chi connectivity index (χ2v) is 3.94. The molecule has 0 unspecified atom stereocenters. The van der Waals surface area contributed by atoms with Gasteiger partial charge in [0.2, 0.25) is 0 Å². The van der Waals surface area contributed by atoms with Crippen LogP contribution in [0.4, 0.5) is 0 Å². The van der Waals surface area contributed by atoms with Crippen molar-refractivity contribution < 1.29 is 22.9 Å². The van der Waals surface area contributed by atoms with Gasteiger partial charge in [-0.2, -0.15) is 8.42 Å². The van der Waals surface area contributed by atoms with Crippen molar-refractivity contribution in [3.63, 3.8) is 0 Å². The average molecular weight is 250 g/mol. The molecule has 7 heteroatoms. The second-order valence-electron chi connectivity index (χ2n) is 2.37. The molecule has 80 valence electrons. The summed E-state index contributed by atoms with van der Waals surface area (Å²) in [6, 6.07) is 0. The van der Waals surface area contributed by atoms with Gasteiger partial charge in [-0.05, 0) is 13.3 Å². The van der Waals surface area contributed by atoms with Gasteiger partial charge < -0.3 is 5.11 Å². The van der Waals surface area contributed by atoms with Gasteiger partial charge in [0.1, 0.15) is 0 Å². The predicted molar refractivity (Wildman–Crippen MR) is 56.3 cm³/mol. The summed E-state index contributed by atoms with van der Waals surface area (Å²) in [5.74, 6) is -1.07. The van der Waals surface area contributed by atoms with E-state index in [9.17, 15) is 13.2 Å². The monoisotopic (exact) mass is 250 g/mol. The molecule has 0 aliphatic carbocycles. The Bertz CT molecular complexity index is 258. The molecule has 0 aliphatic heterocycles. The van der Waals surface area contributed by atoms with Crippen molar-refractivity contribution in [1.29, 1.82) is 0 Å². The van der Waals surface area contributed by atoms with Crippen molar-refractivity contribution >= 4 is 67.5 Å². The maximum atomic E-state index is 9.79. The van der Waals surface area contributed by atoms with E-state index >= 15 is 0 Å². The molecule has 14 heavy (non-hydrogen) atoms. The van der Waals surface area contributed by atoms with Gasteiger partial charge in [-0.1, -0.05) is 13.5 Å². The van der Waals surface area contributed by atoms with E-state index in [2.05, 4.69) is 6.58 Å². The number of aliphatic carboxylic acids is 1. The van der Waals surface area contributed by atoms with Crippen LogP contribution in [0.3, 0.4) is 0 Å². The van der Waals surface area contributed by atoms with Crippen LogP contribution >= 0.6 is 0 Å². The van der Waals surface area contributed by atoms with E-state index in [0.29, 0.717) is 6.42 Å². The summed E-state index contributed by atoms with van der Waals surface area (Å²) in [5, 5.41) is 7.89. The zero-order valence-corrected chi connectivity index (χ0v) is 8.47. The Labute approximate surface area is 127 Å². The molecule has 0 amide bonds. The molecule has 0 aromatic carbocycles. The SMILES string of the molecule is C=C(C)C(=O)O.CCCS(=O)(=O)O.[KH]. The van der Waals surface area contributed by atoms with Crippen molar-refractivity contribution in [2.24, 2.45) is 0 Å². The molecule has 0 aromatic heterocycles. The van der Waals surface area contributed by atoms with E-state index in [-0.39, 0.29) is 62.7 Å². The van der Waals surface area contributed by atoms with Gasteiger partial charge in [-0.25, -0.2) is 4.79 Å². The molecule has 0 atom stereocenters. The number of hydrogen-bond donors (Lipinski definition) is 2. The first kappa shape index (κ1) is 20.2. The average Bonchev–Trinajstić information content (AvgIpc) is 1.85. The second kappa shape index (κ2) is 10.3. The minimum absolute atomic E-state index is 0. The summed E-state index contributed by atoms with van der Waals surface area (Å²) in [5.41, 5.74) is 0.176. The molecule has 2 N–H and O–H groups in total. The van der Waals surface area contributed by atoms with Crippen molar-refractivity contribution in [1.82, 2.24) is 0 Å². The van der Waals surface area contributed by atoms with E-state index in [1.807, 2.05) is 0 Å². The number of carboxylic acids is 1. The maximum absolute atomic E-state index is 9.79. The van der Waals surface area contributed by atoms with Gasteiger partial charge in [0.05, 0.1) is 5.75 Å². The van der Waals surface area contributed by atoms with E-state index in [4.69, 9.17) is 9.66 Å². The summed E-state index contributed by atoms with van der Waals surface area (Å²) in [6.07, 6.45) is 0.471. The molecule has 0 bridgehead atoms. The van der Waals surface area contributed by atoms with E-state index < -0.39 is 16.1 Å². The first-order valence-corrected chi connectivity index (χ1v) is 5.15. The van der Waals surface area contributed by atoms with Crippen LogP contribution < -0.4 is 0 Å². The van der Waals surface area contributed by atoms with Gasteiger partial charge in [-0.15, -0.1) is 0 Å². The molecule has 0 spiro atoms. The molecule has 0 rings (SSSR count). The Balaban J connectivity index is -0.000000163. The minimum atomic E-state index is -3.67. The van der Waals surface area contributed by atoms with Crippen LogP contribution in [0.15, 0.2) is 12.2 Å². The van der Waals surface area contributed by atoms with Crippen LogP contribution in [-0.4, -0.2) is 81.2 Å². The summed E-state index contributed by atoms with van der Waals surface area (Å²) in [6.45, 7) is 6.29. The predicted octanol–water partition coefficient (Wildman–Crippen LogP) is 0.283. The Morgan fingerprint density at radius 2 is 1.71 bits per heavy atom. The first-order valence-electron chi connectivity index (χ1n) is 3.54.